The van der Waals surface area contributed by atoms with Gasteiger partial charge >= 0.3 is 0 Å². The fourth-order valence-electron chi connectivity index (χ4n) is 2.93. The molecule has 0 bridgehead atoms. The summed E-state index contributed by atoms with van der Waals surface area (Å²) in [7, 11) is 1.65. The van der Waals surface area contributed by atoms with E-state index in [1.807, 2.05) is 0 Å². The summed E-state index contributed by atoms with van der Waals surface area (Å²) in [4.78, 5) is 4.79. The molecule has 1 heterocycles. The number of ether oxygens (including phenoxy) is 1. The molecular weight excluding hydrogens is 230 g/mol. The molecule has 1 fully saturated rings. The van der Waals surface area contributed by atoms with Gasteiger partial charge in [-0.25, -0.2) is 0 Å². The van der Waals surface area contributed by atoms with Crippen molar-refractivity contribution in [1.29, 1.82) is 0 Å². The van der Waals surface area contributed by atoms with E-state index in [1.165, 1.54) is 0 Å². The Balaban J connectivity index is 2.52. The fraction of sp³-hybridized carbons (Fsp3) is 1.00. The molecule has 0 aliphatic carbocycles. The summed E-state index contributed by atoms with van der Waals surface area (Å²) in [6.07, 6.45) is 1.16. The van der Waals surface area contributed by atoms with Crippen molar-refractivity contribution >= 4 is 0 Å². The van der Waals surface area contributed by atoms with Gasteiger partial charge in [-0.2, -0.15) is 0 Å². The third kappa shape index (κ3) is 3.90. The number of hydrogen-bond donors (Lipinski definition) is 2. The summed E-state index contributed by atoms with van der Waals surface area (Å²) in [5.41, 5.74) is 6.07. The molecule has 1 rings (SSSR count). The molecule has 108 valence electrons. The first kappa shape index (κ1) is 15.9. The summed E-state index contributed by atoms with van der Waals surface area (Å²) in [6, 6.07) is 0.504. The highest BCUT2D eigenvalue weighted by atomic mass is 16.5. The number of aliphatic hydroxyl groups is 1. The number of likely N-dealkylation sites (tertiary alicyclic amines) is 1. The standard InChI is InChI=1S/C13H29N3O2/c1-4-15(5-2)11-6-7-16(8-11)13(9-17)12(14)10-18-3/h11-13,17H,4-10,14H2,1-3H3. The van der Waals surface area contributed by atoms with Crippen LogP contribution in [0.25, 0.3) is 0 Å². The van der Waals surface area contributed by atoms with E-state index in [0.717, 1.165) is 32.6 Å². The molecule has 0 aromatic heterocycles. The molecular formula is C13H29N3O2. The predicted molar refractivity (Wildman–Crippen MR) is 73.6 cm³/mol. The van der Waals surface area contributed by atoms with Gasteiger partial charge in [-0.15, -0.1) is 0 Å². The van der Waals surface area contributed by atoms with Gasteiger partial charge in [0.25, 0.3) is 0 Å². The minimum atomic E-state index is -0.115. The average Bonchev–Trinajstić information content (AvgIpc) is 2.81. The molecule has 1 aliphatic heterocycles. The molecule has 0 amide bonds. The molecule has 1 saturated heterocycles. The lowest BCUT2D eigenvalue weighted by atomic mass is 10.1. The lowest BCUT2D eigenvalue weighted by Crippen LogP contribution is -2.52. The molecule has 0 spiro atoms. The molecule has 5 heteroatoms. The second-order valence-corrected chi connectivity index (χ2v) is 5.03. The van der Waals surface area contributed by atoms with Gasteiger partial charge in [-0.05, 0) is 19.5 Å². The number of likely N-dealkylation sites (N-methyl/N-ethyl adjacent to an activating group) is 1. The second kappa shape index (κ2) is 8.07. The molecule has 0 saturated carbocycles. The van der Waals surface area contributed by atoms with Crippen LogP contribution in [0.2, 0.25) is 0 Å². The van der Waals surface area contributed by atoms with E-state index in [0.29, 0.717) is 12.6 Å². The van der Waals surface area contributed by atoms with Crippen molar-refractivity contribution in [1.82, 2.24) is 9.80 Å². The van der Waals surface area contributed by atoms with E-state index in [9.17, 15) is 5.11 Å². The monoisotopic (exact) mass is 259 g/mol. The van der Waals surface area contributed by atoms with Crippen molar-refractivity contribution in [3.63, 3.8) is 0 Å². The van der Waals surface area contributed by atoms with Crippen LogP contribution in [-0.2, 0) is 4.74 Å². The van der Waals surface area contributed by atoms with Crippen molar-refractivity contribution in [3.8, 4) is 0 Å². The Kier molecular flexibility index (Phi) is 7.11. The van der Waals surface area contributed by atoms with E-state index >= 15 is 0 Å². The van der Waals surface area contributed by atoms with Crippen LogP contribution in [0, 0.1) is 0 Å². The zero-order chi connectivity index (χ0) is 13.5. The minimum absolute atomic E-state index is 0.0190. The number of rotatable bonds is 8. The van der Waals surface area contributed by atoms with Gasteiger partial charge in [0.05, 0.1) is 19.3 Å². The topological polar surface area (TPSA) is 62.0 Å². The zero-order valence-corrected chi connectivity index (χ0v) is 12.0. The van der Waals surface area contributed by atoms with Crippen LogP contribution in [0.1, 0.15) is 20.3 Å². The fourth-order valence-corrected chi connectivity index (χ4v) is 2.93. The maximum atomic E-state index is 9.53. The predicted octanol–water partition coefficient (Wildman–Crippen LogP) is -0.263. The number of nitrogens with two attached hydrogens (primary N) is 1. The number of methoxy groups -OCH3 is 1. The summed E-state index contributed by atoms with van der Waals surface area (Å²) in [5.74, 6) is 0. The zero-order valence-electron chi connectivity index (χ0n) is 12.0. The quantitative estimate of drug-likeness (QED) is 0.629. The first-order valence-corrected chi connectivity index (χ1v) is 7.01. The first-order chi connectivity index (χ1) is 8.67. The Labute approximate surface area is 111 Å². The van der Waals surface area contributed by atoms with E-state index in [1.54, 1.807) is 7.11 Å². The summed E-state index contributed by atoms with van der Waals surface area (Å²) in [6.45, 7) is 9.20. The number of aliphatic hydroxyl groups excluding tert-OH is 1. The highest BCUT2D eigenvalue weighted by Crippen LogP contribution is 2.19. The maximum absolute atomic E-state index is 9.53. The van der Waals surface area contributed by atoms with Crippen molar-refractivity contribution in [2.24, 2.45) is 5.73 Å². The van der Waals surface area contributed by atoms with Crippen LogP contribution in [0.15, 0.2) is 0 Å². The SMILES string of the molecule is CCN(CC)C1CCN(C(CO)C(N)COC)C1. The molecule has 18 heavy (non-hydrogen) atoms. The van der Waals surface area contributed by atoms with Crippen LogP contribution in [0.3, 0.4) is 0 Å². The van der Waals surface area contributed by atoms with Gasteiger partial charge in [0.15, 0.2) is 0 Å². The van der Waals surface area contributed by atoms with Crippen molar-refractivity contribution in [2.45, 2.75) is 38.4 Å². The van der Waals surface area contributed by atoms with Crippen LogP contribution >= 0.6 is 0 Å². The highest BCUT2D eigenvalue weighted by Gasteiger charge is 2.32. The number of nitrogens with zero attached hydrogens (tertiary/aromatic N) is 2. The van der Waals surface area contributed by atoms with Crippen molar-refractivity contribution in [3.05, 3.63) is 0 Å². The Bertz CT molecular complexity index is 224. The molecule has 0 aromatic carbocycles. The summed E-state index contributed by atoms with van der Waals surface area (Å²) < 4.78 is 5.09. The lowest BCUT2D eigenvalue weighted by Gasteiger charge is -2.32. The van der Waals surface area contributed by atoms with E-state index in [-0.39, 0.29) is 18.7 Å². The Morgan fingerprint density at radius 3 is 2.61 bits per heavy atom. The minimum Gasteiger partial charge on any atom is -0.395 e. The Morgan fingerprint density at radius 2 is 2.11 bits per heavy atom. The maximum Gasteiger partial charge on any atom is 0.0629 e. The van der Waals surface area contributed by atoms with Crippen LogP contribution in [-0.4, -0.2) is 79.5 Å². The largest absolute Gasteiger partial charge is 0.395 e. The van der Waals surface area contributed by atoms with Gasteiger partial charge in [0, 0.05) is 32.3 Å². The van der Waals surface area contributed by atoms with E-state index < -0.39 is 0 Å². The molecule has 3 unspecified atom stereocenters. The third-order valence-corrected chi connectivity index (χ3v) is 4.03. The molecule has 0 radical (unpaired) electrons. The van der Waals surface area contributed by atoms with Crippen molar-refractivity contribution in [2.75, 3.05) is 46.5 Å². The first-order valence-electron chi connectivity index (χ1n) is 7.01. The Hall–Kier alpha value is -0.200. The summed E-state index contributed by atoms with van der Waals surface area (Å²) >= 11 is 0. The normalized spacial score (nSPS) is 24.7. The van der Waals surface area contributed by atoms with E-state index in [4.69, 9.17) is 10.5 Å². The highest BCUT2D eigenvalue weighted by molar-refractivity contribution is 4.90. The average molecular weight is 259 g/mol. The van der Waals surface area contributed by atoms with Crippen LogP contribution in [0.4, 0.5) is 0 Å². The molecule has 1 aliphatic rings. The van der Waals surface area contributed by atoms with E-state index in [2.05, 4.69) is 23.6 Å². The van der Waals surface area contributed by atoms with Crippen LogP contribution in [0.5, 0.6) is 0 Å². The smallest absolute Gasteiger partial charge is 0.0629 e. The molecule has 3 N–H and O–H groups in total. The third-order valence-electron chi connectivity index (χ3n) is 4.03. The Morgan fingerprint density at radius 1 is 1.44 bits per heavy atom. The number of hydrogen-bond acceptors (Lipinski definition) is 5. The second-order valence-electron chi connectivity index (χ2n) is 5.03. The van der Waals surface area contributed by atoms with Gasteiger partial charge in [-0.3, -0.25) is 9.80 Å². The molecule has 0 aromatic rings. The van der Waals surface area contributed by atoms with Crippen molar-refractivity contribution < 1.29 is 9.84 Å². The van der Waals surface area contributed by atoms with Gasteiger partial charge in [0.2, 0.25) is 0 Å². The summed E-state index contributed by atoms with van der Waals surface area (Å²) in [5, 5.41) is 9.53. The molecule has 3 atom stereocenters. The van der Waals surface area contributed by atoms with Crippen LogP contribution < -0.4 is 5.73 Å². The lowest BCUT2D eigenvalue weighted by molar-refractivity contribution is 0.0788. The van der Waals surface area contributed by atoms with Gasteiger partial charge in [0.1, 0.15) is 0 Å². The van der Waals surface area contributed by atoms with Gasteiger partial charge < -0.3 is 15.6 Å². The molecule has 5 nitrogen and oxygen atoms in total. The van der Waals surface area contributed by atoms with Gasteiger partial charge in [-0.1, -0.05) is 13.8 Å².